The van der Waals surface area contributed by atoms with E-state index in [0.717, 1.165) is 46.3 Å². The molecule has 0 aromatic rings. The van der Waals surface area contributed by atoms with Crippen molar-refractivity contribution in [1.82, 2.24) is 0 Å². The molecule has 134 valence electrons. The quantitative estimate of drug-likeness (QED) is 0.478. The summed E-state index contributed by atoms with van der Waals surface area (Å²) in [4.78, 5) is 0. The minimum atomic E-state index is 0.843. The molecule has 8 aliphatic carbocycles. The Labute approximate surface area is 149 Å². The van der Waals surface area contributed by atoms with Crippen molar-refractivity contribution in [1.29, 1.82) is 0 Å². The van der Waals surface area contributed by atoms with Crippen LogP contribution in [-0.2, 0) is 0 Å². The number of unbranched alkanes of at least 4 members (excludes halogenated alkanes) is 1. The van der Waals surface area contributed by atoms with Gasteiger partial charge in [-0.05, 0) is 136 Å². The lowest BCUT2D eigenvalue weighted by Gasteiger charge is -2.58. The summed E-state index contributed by atoms with van der Waals surface area (Å²) in [5, 5.41) is 0. The maximum Gasteiger partial charge on any atom is -0.0290 e. The van der Waals surface area contributed by atoms with E-state index in [1.807, 2.05) is 0 Å². The van der Waals surface area contributed by atoms with E-state index < -0.39 is 0 Å². The first-order valence-corrected chi connectivity index (χ1v) is 11.7. The van der Waals surface area contributed by atoms with Crippen molar-refractivity contribution in [2.24, 2.45) is 46.3 Å². The molecule has 0 amide bonds. The van der Waals surface area contributed by atoms with Crippen LogP contribution < -0.4 is 0 Å². The van der Waals surface area contributed by atoms with E-state index in [1.54, 1.807) is 103 Å². The van der Waals surface area contributed by atoms with Crippen molar-refractivity contribution in [3.63, 3.8) is 0 Å². The second-order valence-electron chi connectivity index (χ2n) is 12.0. The Hall–Kier alpha value is 0. The number of rotatable bonds is 5. The van der Waals surface area contributed by atoms with Gasteiger partial charge >= 0.3 is 0 Å². The molecule has 0 aliphatic heterocycles. The standard InChI is InChI=1S/C24H38/c1(3-23-11-17-5-18(12-23)7-19(6-17)13-23)2-4-24-14-20-8-21(15-24)10-22(9-20)16-24/h17-22H,1-16H2. The highest BCUT2D eigenvalue weighted by atomic mass is 14.6. The third kappa shape index (κ3) is 2.44. The maximum atomic E-state index is 1.64. The summed E-state index contributed by atoms with van der Waals surface area (Å²) in [7, 11) is 0. The fourth-order valence-corrected chi connectivity index (χ4v) is 10.2. The highest BCUT2D eigenvalue weighted by molar-refractivity contribution is 5.03. The first-order chi connectivity index (χ1) is 11.7. The molecule has 0 aromatic heterocycles. The average Bonchev–Trinajstić information content (AvgIpc) is 2.49. The topological polar surface area (TPSA) is 0 Å². The Morgan fingerprint density at radius 3 is 0.917 bits per heavy atom. The molecule has 8 fully saturated rings. The first kappa shape index (κ1) is 15.1. The van der Waals surface area contributed by atoms with Gasteiger partial charge in [0, 0.05) is 0 Å². The van der Waals surface area contributed by atoms with Crippen LogP contribution in [0.25, 0.3) is 0 Å². The minimum absolute atomic E-state index is 0.843. The number of hydrogen-bond acceptors (Lipinski definition) is 0. The van der Waals surface area contributed by atoms with Crippen LogP contribution in [0.4, 0.5) is 0 Å². The summed E-state index contributed by atoms with van der Waals surface area (Å²) in [6, 6.07) is 0. The monoisotopic (exact) mass is 326 g/mol. The van der Waals surface area contributed by atoms with Gasteiger partial charge in [-0.15, -0.1) is 0 Å². The first-order valence-electron chi connectivity index (χ1n) is 11.7. The van der Waals surface area contributed by atoms with Crippen LogP contribution in [-0.4, -0.2) is 0 Å². The molecule has 0 spiro atoms. The Kier molecular flexibility index (Phi) is 3.31. The van der Waals surface area contributed by atoms with Crippen LogP contribution in [0.1, 0.15) is 103 Å². The van der Waals surface area contributed by atoms with Crippen LogP contribution >= 0.6 is 0 Å². The van der Waals surface area contributed by atoms with Gasteiger partial charge in [0.25, 0.3) is 0 Å². The predicted molar refractivity (Wildman–Crippen MR) is 99.7 cm³/mol. The van der Waals surface area contributed by atoms with Gasteiger partial charge in [0.1, 0.15) is 0 Å². The fraction of sp³-hybridized carbons (Fsp3) is 1.00. The lowest BCUT2D eigenvalue weighted by Crippen LogP contribution is -2.46. The molecule has 0 heteroatoms. The summed E-state index contributed by atoms with van der Waals surface area (Å²) in [5.41, 5.74) is 1.69. The van der Waals surface area contributed by atoms with E-state index in [0.29, 0.717) is 0 Å². The smallest absolute Gasteiger partial charge is 0.0290 e. The minimum Gasteiger partial charge on any atom is -0.0528 e. The zero-order chi connectivity index (χ0) is 15.8. The van der Waals surface area contributed by atoms with Gasteiger partial charge in [-0.1, -0.05) is 12.8 Å². The Balaban J connectivity index is 1.05. The second kappa shape index (κ2) is 5.26. The summed E-state index contributed by atoms with van der Waals surface area (Å²) in [6.07, 6.45) is 25.9. The summed E-state index contributed by atoms with van der Waals surface area (Å²) in [6.45, 7) is 0. The maximum absolute atomic E-state index is 1.64. The second-order valence-corrected chi connectivity index (χ2v) is 12.0. The van der Waals surface area contributed by atoms with Gasteiger partial charge < -0.3 is 0 Å². The molecule has 0 N–H and O–H groups in total. The van der Waals surface area contributed by atoms with Crippen molar-refractivity contribution < 1.29 is 0 Å². The van der Waals surface area contributed by atoms with Crippen LogP contribution in [0.3, 0.4) is 0 Å². The van der Waals surface area contributed by atoms with Crippen LogP contribution in [0, 0.1) is 46.3 Å². The molecule has 0 nitrogen and oxygen atoms in total. The molecule has 0 unspecified atom stereocenters. The van der Waals surface area contributed by atoms with Crippen LogP contribution in [0.5, 0.6) is 0 Å². The SMILES string of the molecule is C(CCC12CC3CC(CC(C3)C1)C2)CC12CC3CC(CC(C3)C1)C2. The van der Waals surface area contributed by atoms with Gasteiger partial charge in [-0.25, -0.2) is 0 Å². The molecule has 8 bridgehead atoms. The number of hydrogen-bond donors (Lipinski definition) is 0. The molecule has 0 atom stereocenters. The molecular formula is C24H38. The zero-order valence-corrected chi connectivity index (χ0v) is 15.8. The molecular weight excluding hydrogens is 288 g/mol. The molecule has 8 saturated carbocycles. The van der Waals surface area contributed by atoms with E-state index in [4.69, 9.17) is 0 Å². The van der Waals surface area contributed by atoms with Crippen molar-refractivity contribution in [2.75, 3.05) is 0 Å². The average molecular weight is 327 g/mol. The molecule has 0 aromatic carbocycles. The molecule has 8 aliphatic rings. The Morgan fingerprint density at radius 2 is 0.667 bits per heavy atom. The summed E-state index contributed by atoms with van der Waals surface area (Å²) < 4.78 is 0. The predicted octanol–water partition coefficient (Wildman–Crippen LogP) is 6.98. The molecule has 0 heterocycles. The van der Waals surface area contributed by atoms with Gasteiger partial charge in [-0.3, -0.25) is 0 Å². The highest BCUT2D eigenvalue weighted by Gasteiger charge is 2.51. The summed E-state index contributed by atoms with van der Waals surface area (Å²) in [5.74, 6) is 6.91. The third-order valence-corrected chi connectivity index (χ3v) is 9.99. The van der Waals surface area contributed by atoms with Crippen molar-refractivity contribution in [3.05, 3.63) is 0 Å². The normalized spacial score (nSPS) is 57.0. The Bertz CT molecular complexity index is 384. The van der Waals surface area contributed by atoms with Crippen molar-refractivity contribution in [3.8, 4) is 0 Å². The van der Waals surface area contributed by atoms with E-state index in [1.165, 1.54) is 0 Å². The van der Waals surface area contributed by atoms with Crippen molar-refractivity contribution in [2.45, 2.75) is 103 Å². The van der Waals surface area contributed by atoms with E-state index in [-0.39, 0.29) is 0 Å². The van der Waals surface area contributed by atoms with E-state index in [2.05, 4.69) is 0 Å². The van der Waals surface area contributed by atoms with Gasteiger partial charge in [-0.2, -0.15) is 0 Å². The van der Waals surface area contributed by atoms with Gasteiger partial charge in [0.2, 0.25) is 0 Å². The van der Waals surface area contributed by atoms with Crippen LogP contribution in [0.15, 0.2) is 0 Å². The molecule has 24 heavy (non-hydrogen) atoms. The van der Waals surface area contributed by atoms with E-state index in [9.17, 15) is 0 Å². The van der Waals surface area contributed by atoms with Crippen molar-refractivity contribution >= 4 is 0 Å². The fourth-order valence-electron chi connectivity index (χ4n) is 10.2. The largest absolute Gasteiger partial charge is 0.0528 e. The van der Waals surface area contributed by atoms with Gasteiger partial charge in [0.15, 0.2) is 0 Å². The zero-order valence-electron chi connectivity index (χ0n) is 15.8. The third-order valence-electron chi connectivity index (χ3n) is 9.99. The molecule has 0 saturated heterocycles. The Morgan fingerprint density at radius 1 is 0.417 bits per heavy atom. The molecule has 8 rings (SSSR count). The van der Waals surface area contributed by atoms with E-state index >= 15 is 0 Å². The summed E-state index contributed by atoms with van der Waals surface area (Å²) >= 11 is 0. The van der Waals surface area contributed by atoms with Crippen LogP contribution in [0.2, 0.25) is 0 Å². The molecule has 0 radical (unpaired) electrons. The van der Waals surface area contributed by atoms with Gasteiger partial charge in [0.05, 0.1) is 0 Å². The lowest BCUT2D eigenvalue weighted by atomic mass is 9.48. The highest BCUT2D eigenvalue weighted by Crippen LogP contribution is 2.63. The lowest BCUT2D eigenvalue weighted by molar-refractivity contribution is -0.0662.